The Morgan fingerprint density at radius 3 is 2.90 bits per heavy atom. The van der Waals surface area contributed by atoms with Crippen molar-refractivity contribution in [2.75, 3.05) is 7.11 Å². The first-order valence-electron chi connectivity index (χ1n) is 6.34. The highest BCUT2D eigenvalue weighted by atomic mass is 16.5. The number of carbonyl (C=O) groups is 1. The van der Waals surface area contributed by atoms with Gasteiger partial charge in [-0.05, 0) is 24.3 Å². The summed E-state index contributed by atoms with van der Waals surface area (Å²) in [5.41, 5.74) is 2.61. The highest BCUT2D eigenvalue weighted by Crippen LogP contribution is 2.20. The quantitative estimate of drug-likeness (QED) is 0.682. The number of fused-ring (bicyclic) bond motifs is 1. The summed E-state index contributed by atoms with van der Waals surface area (Å²) >= 11 is 0. The summed E-state index contributed by atoms with van der Waals surface area (Å²) in [6.07, 6.45) is 2.78. The van der Waals surface area contributed by atoms with Crippen LogP contribution in [0.2, 0.25) is 0 Å². The van der Waals surface area contributed by atoms with Crippen molar-refractivity contribution in [2.24, 2.45) is 0 Å². The van der Waals surface area contributed by atoms with Crippen molar-refractivity contribution in [3.8, 4) is 5.75 Å². The molecule has 0 saturated carbocycles. The normalized spacial score (nSPS) is 10.7. The molecule has 1 aromatic heterocycles. The predicted molar refractivity (Wildman–Crippen MR) is 77.2 cm³/mol. The molecule has 0 aliphatic carbocycles. The third-order valence-electron chi connectivity index (χ3n) is 3.24. The number of carbonyl (C=O) groups excluding carboxylic acids is 1. The van der Waals surface area contributed by atoms with Crippen molar-refractivity contribution < 1.29 is 9.53 Å². The molecule has 0 N–H and O–H groups in total. The minimum atomic E-state index is 0.634. The average Bonchev–Trinajstić information content (AvgIpc) is 2.89. The van der Waals surface area contributed by atoms with E-state index in [-0.39, 0.29) is 0 Å². The van der Waals surface area contributed by atoms with Crippen LogP contribution in [-0.2, 0) is 6.54 Å². The molecule has 100 valence electrons. The van der Waals surface area contributed by atoms with Gasteiger partial charge in [-0.2, -0.15) is 5.10 Å². The number of methoxy groups -OCH3 is 1. The number of hydrogen-bond acceptors (Lipinski definition) is 3. The van der Waals surface area contributed by atoms with Gasteiger partial charge >= 0.3 is 0 Å². The first-order valence-corrected chi connectivity index (χ1v) is 6.34. The molecule has 4 nitrogen and oxygen atoms in total. The second kappa shape index (κ2) is 5.17. The molecule has 0 aliphatic heterocycles. The first-order chi connectivity index (χ1) is 9.80. The standard InChI is InChI=1S/C16H14N2O2/c1-20-16-5-3-2-4-13(16)9-18-10-14-8-12(11-19)6-7-15(14)17-18/h2-8,10-11H,9H2,1H3. The maximum Gasteiger partial charge on any atom is 0.150 e. The van der Waals surface area contributed by atoms with Crippen LogP contribution in [0, 0.1) is 0 Å². The van der Waals surface area contributed by atoms with Crippen LogP contribution in [0.15, 0.2) is 48.7 Å². The Morgan fingerprint density at radius 2 is 2.10 bits per heavy atom. The van der Waals surface area contributed by atoms with Gasteiger partial charge in [-0.1, -0.05) is 18.2 Å². The fourth-order valence-corrected chi connectivity index (χ4v) is 2.26. The Balaban J connectivity index is 1.96. The maximum atomic E-state index is 10.8. The third kappa shape index (κ3) is 2.28. The third-order valence-corrected chi connectivity index (χ3v) is 3.24. The number of rotatable bonds is 4. The van der Waals surface area contributed by atoms with Crippen molar-refractivity contribution >= 4 is 17.2 Å². The molecule has 3 rings (SSSR count). The zero-order valence-corrected chi connectivity index (χ0v) is 11.1. The molecule has 0 atom stereocenters. The van der Waals surface area contributed by atoms with Crippen LogP contribution < -0.4 is 4.74 Å². The summed E-state index contributed by atoms with van der Waals surface area (Å²) < 4.78 is 7.20. The Kier molecular flexibility index (Phi) is 3.21. The smallest absolute Gasteiger partial charge is 0.150 e. The Bertz CT molecular complexity index is 762. The molecule has 3 aromatic rings. The molecule has 0 aliphatic rings. The number of ether oxygens (including phenoxy) is 1. The van der Waals surface area contributed by atoms with Crippen LogP contribution in [-0.4, -0.2) is 23.2 Å². The highest BCUT2D eigenvalue weighted by molar-refractivity contribution is 5.86. The number of para-hydroxylation sites is 1. The van der Waals surface area contributed by atoms with Crippen molar-refractivity contribution in [2.45, 2.75) is 6.54 Å². The number of aldehydes is 1. The number of nitrogens with zero attached hydrogens (tertiary/aromatic N) is 2. The van der Waals surface area contributed by atoms with Crippen molar-refractivity contribution in [3.05, 3.63) is 59.8 Å². The van der Waals surface area contributed by atoms with E-state index in [2.05, 4.69) is 5.10 Å². The average molecular weight is 266 g/mol. The van der Waals surface area contributed by atoms with Crippen molar-refractivity contribution in [3.63, 3.8) is 0 Å². The fourth-order valence-electron chi connectivity index (χ4n) is 2.26. The van der Waals surface area contributed by atoms with Gasteiger partial charge in [0.15, 0.2) is 0 Å². The molecule has 1 heterocycles. The van der Waals surface area contributed by atoms with Gasteiger partial charge in [0.1, 0.15) is 12.0 Å². The van der Waals surface area contributed by atoms with Gasteiger partial charge in [0.2, 0.25) is 0 Å². The second-order valence-corrected chi connectivity index (χ2v) is 4.57. The summed E-state index contributed by atoms with van der Waals surface area (Å²) in [6, 6.07) is 13.3. The van der Waals surface area contributed by atoms with Crippen LogP contribution in [0.3, 0.4) is 0 Å². The van der Waals surface area contributed by atoms with E-state index in [1.807, 2.05) is 47.3 Å². The molecule has 0 bridgehead atoms. The Morgan fingerprint density at radius 1 is 1.25 bits per heavy atom. The predicted octanol–water partition coefficient (Wildman–Crippen LogP) is 2.91. The molecule has 0 amide bonds. The summed E-state index contributed by atoms with van der Waals surface area (Å²) in [6.45, 7) is 0.634. The molecular formula is C16H14N2O2. The van der Waals surface area contributed by atoms with Crippen LogP contribution >= 0.6 is 0 Å². The molecule has 0 unspecified atom stereocenters. The number of benzene rings is 2. The minimum Gasteiger partial charge on any atom is -0.496 e. The van der Waals surface area contributed by atoms with E-state index in [1.54, 1.807) is 13.2 Å². The van der Waals surface area contributed by atoms with E-state index in [0.29, 0.717) is 12.1 Å². The van der Waals surface area contributed by atoms with Crippen LogP contribution in [0.25, 0.3) is 10.9 Å². The van der Waals surface area contributed by atoms with E-state index in [9.17, 15) is 4.79 Å². The van der Waals surface area contributed by atoms with Gasteiger partial charge in [-0.3, -0.25) is 9.48 Å². The molecule has 0 radical (unpaired) electrons. The van der Waals surface area contributed by atoms with E-state index < -0.39 is 0 Å². The lowest BCUT2D eigenvalue weighted by molar-refractivity contribution is 0.112. The van der Waals surface area contributed by atoms with Crippen molar-refractivity contribution in [1.82, 2.24) is 9.78 Å². The monoisotopic (exact) mass is 266 g/mol. The zero-order chi connectivity index (χ0) is 13.9. The van der Waals surface area contributed by atoms with Gasteiger partial charge in [0.25, 0.3) is 0 Å². The summed E-state index contributed by atoms with van der Waals surface area (Å²) in [4.78, 5) is 10.8. The Hall–Kier alpha value is -2.62. The Labute approximate surface area is 116 Å². The van der Waals surface area contributed by atoms with Gasteiger partial charge in [-0.25, -0.2) is 0 Å². The summed E-state index contributed by atoms with van der Waals surface area (Å²) in [5.74, 6) is 0.848. The minimum absolute atomic E-state index is 0.634. The van der Waals surface area contributed by atoms with Gasteiger partial charge in [0, 0.05) is 22.7 Å². The molecule has 2 aromatic carbocycles. The molecule has 0 saturated heterocycles. The van der Waals surface area contributed by atoms with Crippen molar-refractivity contribution in [1.29, 1.82) is 0 Å². The summed E-state index contributed by atoms with van der Waals surface area (Å²) in [5, 5.41) is 5.47. The molecule has 4 heteroatoms. The van der Waals surface area contributed by atoms with E-state index >= 15 is 0 Å². The molecule has 0 fully saturated rings. The van der Waals surface area contributed by atoms with Crippen LogP contribution in [0.5, 0.6) is 5.75 Å². The highest BCUT2D eigenvalue weighted by Gasteiger charge is 2.06. The molecule has 20 heavy (non-hydrogen) atoms. The lowest BCUT2D eigenvalue weighted by Crippen LogP contribution is -2.01. The fraction of sp³-hybridized carbons (Fsp3) is 0.125. The lowest BCUT2D eigenvalue weighted by Gasteiger charge is -2.07. The molecular weight excluding hydrogens is 252 g/mol. The zero-order valence-electron chi connectivity index (χ0n) is 11.1. The maximum absolute atomic E-state index is 10.8. The summed E-state index contributed by atoms with van der Waals surface area (Å²) in [7, 11) is 1.66. The van der Waals surface area contributed by atoms with E-state index in [1.165, 1.54) is 0 Å². The number of aromatic nitrogens is 2. The van der Waals surface area contributed by atoms with Gasteiger partial charge < -0.3 is 4.74 Å². The number of hydrogen-bond donors (Lipinski definition) is 0. The molecule has 0 spiro atoms. The van der Waals surface area contributed by atoms with Gasteiger partial charge in [-0.15, -0.1) is 0 Å². The van der Waals surface area contributed by atoms with Gasteiger partial charge in [0.05, 0.1) is 19.2 Å². The van der Waals surface area contributed by atoms with E-state index in [4.69, 9.17) is 4.74 Å². The first kappa shape index (κ1) is 12.4. The lowest BCUT2D eigenvalue weighted by atomic mass is 10.2. The van der Waals surface area contributed by atoms with Crippen LogP contribution in [0.1, 0.15) is 15.9 Å². The largest absolute Gasteiger partial charge is 0.496 e. The van der Waals surface area contributed by atoms with Crippen LogP contribution in [0.4, 0.5) is 0 Å². The van der Waals surface area contributed by atoms with E-state index in [0.717, 1.165) is 28.5 Å². The SMILES string of the molecule is COc1ccccc1Cn1cc2cc(C=O)ccc2n1. The topological polar surface area (TPSA) is 44.1 Å². The second-order valence-electron chi connectivity index (χ2n) is 4.57.